The normalized spacial score (nSPS) is 7.78. The van der Waals surface area contributed by atoms with Crippen LogP contribution >= 0.6 is 0 Å². The first-order valence-electron chi connectivity index (χ1n) is 32.2. The van der Waals surface area contributed by atoms with Crippen LogP contribution in [0.25, 0.3) is 0 Å². The van der Waals surface area contributed by atoms with Crippen molar-refractivity contribution in [2.75, 3.05) is 26.4 Å². The molecule has 0 spiro atoms. The van der Waals surface area contributed by atoms with Gasteiger partial charge in [0.1, 0.15) is 11.5 Å². The molecule has 0 atom stereocenters. The van der Waals surface area contributed by atoms with Crippen molar-refractivity contribution < 1.29 is 149 Å². The van der Waals surface area contributed by atoms with Crippen molar-refractivity contribution in [3.63, 3.8) is 0 Å². The molecular formula is C88H110O8Ti5. The zero-order valence-electron chi connectivity index (χ0n) is 59.6. The topological polar surface area (TPSA) is 162 Å². The Labute approximate surface area is 683 Å². The monoisotopic (exact) mass is 1530 g/mol. The zero-order chi connectivity index (χ0) is 70.9. The molecule has 0 aliphatic carbocycles. The van der Waals surface area contributed by atoms with Gasteiger partial charge in [0.25, 0.3) is 0 Å². The third-order valence-electron chi connectivity index (χ3n) is 10.1. The zero-order valence-corrected chi connectivity index (χ0v) is 67.4. The number of hydrogen-bond donors (Lipinski definition) is 8. The summed E-state index contributed by atoms with van der Waals surface area (Å²) in [5.74, 6) is 0.644. The van der Waals surface area contributed by atoms with Crippen LogP contribution in [-0.2, 0) is 122 Å². The molecular weight excluding hydrogens is 1420 g/mol. The standard InChI is InChI=1S/2C7H8O.2C6H6O.10C5H5.2C4H10O.2C2H6O.5Ti/c2*8-6-7-4-2-1-3-5-7;2*7-6-4-2-1-3-5-6;10*1-2-4-5-3-1;2*1-2-3-4-5;2*1-2-3;;;;;/h2*1-5,8H,6H2;2*1-5,7H;10*1-5H;2*5H,2-4H2,1H3;2*3H,2H2,1H3;;;;;/q;;;;10*-1;;;;;5*+2. The average Bonchev–Trinajstić information content (AvgIpc) is 2.68. The average molecular weight is 1540 g/mol. The van der Waals surface area contributed by atoms with Gasteiger partial charge in [0, 0.05) is 26.4 Å². The molecule has 0 heterocycles. The van der Waals surface area contributed by atoms with E-state index in [1.807, 2.05) is 376 Å². The summed E-state index contributed by atoms with van der Waals surface area (Å²) >= 11 is 0. The first kappa shape index (κ1) is 113. The van der Waals surface area contributed by atoms with Crippen molar-refractivity contribution in [1.82, 2.24) is 0 Å². The minimum Gasteiger partial charge on any atom is -0.508 e. The molecule has 8 N–H and O–H groups in total. The fourth-order valence-corrected chi connectivity index (χ4v) is 5.55. The second-order valence-electron chi connectivity index (χ2n) is 18.4. The van der Waals surface area contributed by atoms with Crippen molar-refractivity contribution in [3.05, 3.63) is 436 Å². The van der Waals surface area contributed by atoms with Crippen LogP contribution in [0.2, 0.25) is 0 Å². The van der Waals surface area contributed by atoms with Gasteiger partial charge in [-0.15, -0.1) is 0 Å². The molecule has 0 aliphatic rings. The molecule has 0 amide bonds. The second kappa shape index (κ2) is 109. The number of aliphatic hydroxyl groups excluding tert-OH is 6. The van der Waals surface area contributed by atoms with Gasteiger partial charge in [-0.25, -0.2) is 121 Å². The number of aliphatic hydroxyl groups is 6. The van der Waals surface area contributed by atoms with Gasteiger partial charge in [-0.1, -0.05) is 124 Å². The summed E-state index contributed by atoms with van der Waals surface area (Å²) in [5, 5.41) is 65.6. The van der Waals surface area contributed by atoms with Crippen molar-refractivity contribution in [2.24, 2.45) is 0 Å². The molecule has 14 aromatic rings. The minimum absolute atomic E-state index is 0. The van der Waals surface area contributed by atoms with Crippen molar-refractivity contribution >= 4 is 0 Å². The Balaban J connectivity index is -0.000000127. The summed E-state index contributed by atoms with van der Waals surface area (Å²) in [7, 11) is 0. The summed E-state index contributed by atoms with van der Waals surface area (Å²) in [4.78, 5) is 0. The van der Waals surface area contributed by atoms with E-state index in [0.29, 0.717) is 24.7 Å². The first-order chi connectivity index (χ1) is 47.3. The molecule has 0 fully saturated rings. The van der Waals surface area contributed by atoms with Gasteiger partial charge in [-0.05, 0) is 62.1 Å². The van der Waals surface area contributed by atoms with E-state index in [1.54, 1.807) is 62.4 Å². The Bertz CT molecular complexity index is 2370. The van der Waals surface area contributed by atoms with Gasteiger partial charge in [-0.2, -0.15) is 182 Å². The van der Waals surface area contributed by atoms with Gasteiger partial charge in [-0.3, -0.25) is 0 Å². The van der Waals surface area contributed by atoms with E-state index < -0.39 is 0 Å². The third kappa shape index (κ3) is 112. The fraction of sp³-hybridized carbons (Fsp3) is 0.159. The van der Waals surface area contributed by atoms with E-state index in [4.69, 9.17) is 40.9 Å². The summed E-state index contributed by atoms with van der Waals surface area (Å²) in [5.41, 5.74) is 1.93. The van der Waals surface area contributed by atoms with E-state index in [0.717, 1.165) is 36.8 Å². The molecule has 0 saturated heterocycles. The first-order valence-corrected chi connectivity index (χ1v) is 32.2. The second-order valence-corrected chi connectivity index (χ2v) is 18.4. The number of phenolic OH excluding ortho intramolecular Hbond substituents is 2. The number of rotatable bonds is 6. The Morgan fingerprint density at radius 2 is 0.337 bits per heavy atom. The summed E-state index contributed by atoms with van der Waals surface area (Å²) in [6.07, 6.45) is 4.08. The number of aromatic hydroxyl groups is 2. The number of unbranched alkanes of at least 4 members (excludes halogenated alkanes) is 2. The van der Waals surface area contributed by atoms with Gasteiger partial charge in [0.2, 0.25) is 0 Å². The molecule has 0 radical (unpaired) electrons. The Morgan fingerprint density at radius 1 is 0.208 bits per heavy atom. The van der Waals surface area contributed by atoms with Gasteiger partial charge >= 0.3 is 109 Å². The largest absolute Gasteiger partial charge is 2.00 e. The van der Waals surface area contributed by atoms with Crippen LogP contribution < -0.4 is 0 Å². The SMILES string of the molecule is CCCCO.CCCCO.CCO.CCO.OCc1ccccc1.OCc1ccccc1.Oc1ccccc1.Oc1ccccc1.[Ti+2].[Ti+2].[Ti+2].[Ti+2].[Ti+2].c1cc[cH-]c1.c1cc[cH-]c1.c1cc[cH-]c1.c1cc[cH-]c1.c1cc[cH-]c1.c1cc[cH-]c1.c1cc[cH-]c1.c1cc[cH-]c1.c1cc[cH-]c1.c1cc[cH-]c1. The Kier molecular flexibility index (Phi) is 122. The van der Waals surface area contributed by atoms with Crippen LogP contribution in [0.3, 0.4) is 0 Å². The number of para-hydroxylation sites is 2. The summed E-state index contributed by atoms with van der Waals surface area (Å²) < 4.78 is 0. The van der Waals surface area contributed by atoms with Crippen molar-refractivity contribution in [1.29, 1.82) is 0 Å². The molecule has 0 aliphatic heterocycles. The molecule has 101 heavy (non-hydrogen) atoms. The molecule has 8 nitrogen and oxygen atoms in total. The molecule has 0 saturated carbocycles. The fourth-order valence-electron chi connectivity index (χ4n) is 5.55. The molecule has 0 aromatic heterocycles. The van der Waals surface area contributed by atoms with Crippen LogP contribution in [-0.4, -0.2) is 67.3 Å². The summed E-state index contributed by atoms with van der Waals surface area (Å²) in [6, 6.07) is 136. The smallest absolute Gasteiger partial charge is 0.508 e. The number of hydrogen-bond acceptors (Lipinski definition) is 8. The van der Waals surface area contributed by atoms with Crippen molar-refractivity contribution in [3.8, 4) is 11.5 Å². The van der Waals surface area contributed by atoms with Crippen molar-refractivity contribution in [2.45, 2.75) is 66.6 Å². The minimum atomic E-state index is 0. The molecule has 530 valence electrons. The molecule has 0 bridgehead atoms. The number of phenols is 2. The molecule has 13 heteroatoms. The molecule has 14 aromatic carbocycles. The van der Waals surface area contributed by atoms with Crippen LogP contribution in [0, 0.1) is 0 Å². The third-order valence-corrected chi connectivity index (χ3v) is 10.1. The number of benzene rings is 4. The van der Waals surface area contributed by atoms with Gasteiger partial charge in [0.05, 0.1) is 13.2 Å². The predicted octanol–water partition coefficient (Wildman–Crippen LogP) is 20.7. The van der Waals surface area contributed by atoms with E-state index in [2.05, 4.69) is 13.8 Å². The van der Waals surface area contributed by atoms with Crippen LogP contribution in [0.5, 0.6) is 11.5 Å². The van der Waals surface area contributed by atoms with Gasteiger partial charge in [0.15, 0.2) is 0 Å². The van der Waals surface area contributed by atoms with Crippen LogP contribution in [0.4, 0.5) is 0 Å². The maximum Gasteiger partial charge on any atom is 2.00 e. The van der Waals surface area contributed by atoms with E-state index in [-0.39, 0.29) is 135 Å². The summed E-state index contributed by atoms with van der Waals surface area (Å²) in [6.45, 7) is 8.93. The Morgan fingerprint density at radius 3 is 0.386 bits per heavy atom. The quantitative estimate of drug-likeness (QED) is 0.0603. The molecule has 14 rings (SSSR count). The van der Waals surface area contributed by atoms with Gasteiger partial charge < -0.3 is 40.9 Å². The maximum atomic E-state index is 8.63. The van der Waals surface area contributed by atoms with E-state index in [9.17, 15) is 0 Å². The van der Waals surface area contributed by atoms with Crippen LogP contribution in [0.15, 0.2) is 425 Å². The van der Waals surface area contributed by atoms with E-state index in [1.165, 1.54) is 0 Å². The van der Waals surface area contributed by atoms with E-state index >= 15 is 0 Å². The maximum absolute atomic E-state index is 8.63. The van der Waals surface area contributed by atoms with Crippen LogP contribution in [0.1, 0.15) is 64.5 Å². The Hall–Kier alpha value is -6.69. The molecule has 0 unspecified atom stereocenters. The predicted molar refractivity (Wildman–Crippen MR) is 411 cm³/mol.